The van der Waals surface area contributed by atoms with Crippen LogP contribution in [0.1, 0.15) is 51.1 Å². The van der Waals surface area contributed by atoms with Crippen LogP contribution in [0.25, 0.3) is 104 Å². The van der Waals surface area contributed by atoms with E-state index < -0.39 is 0 Å². The molecule has 0 fully saturated rings. The van der Waals surface area contributed by atoms with E-state index in [0.717, 1.165) is 118 Å². The first-order valence-electron chi connectivity index (χ1n) is 28.7. The van der Waals surface area contributed by atoms with Crippen LogP contribution in [0.15, 0.2) is 250 Å². The van der Waals surface area contributed by atoms with Crippen LogP contribution in [-0.2, 0) is 19.6 Å². The van der Waals surface area contributed by atoms with Gasteiger partial charge < -0.3 is 18.2 Å². The number of para-hydroxylation sites is 6. The van der Waals surface area contributed by atoms with E-state index in [1.165, 1.54) is 0 Å². The third-order valence-electron chi connectivity index (χ3n) is 15.0. The molecule has 6 heterocycles. The van der Waals surface area contributed by atoms with E-state index in [-0.39, 0.29) is 0 Å². The van der Waals surface area contributed by atoms with Gasteiger partial charge in [-0.15, -0.1) is 15.3 Å². The quantitative estimate of drug-likeness (QED) is 0.0795. The number of anilines is 3. The van der Waals surface area contributed by atoms with Crippen molar-refractivity contribution in [3.8, 4) is 33.8 Å². The van der Waals surface area contributed by atoms with E-state index in [0.29, 0.717) is 37.3 Å². The molecule has 0 amide bonds. The maximum Gasteiger partial charge on any atom is 0.220 e. The van der Waals surface area contributed by atoms with Gasteiger partial charge in [0.1, 0.15) is 33.6 Å². The van der Waals surface area contributed by atoms with Gasteiger partial charge in [-0.1, -0.05) is 161 Å². The number of aromatic nitrogens is 12. The van der Waals surface area contributed by atoms with Gasteiger partial charge in [0.2, 0.25) is 17.7 Å². The predicted octanol–water partition coefficient (Wildman–Crippen LogP) is 16.0. The van der Waals surface area contributed by atoms with Crippen molar-refractivity contribution in [2.24, 2.45) is 0 Å². The van der Waals surface area contributed by atoms with Crippen molar-refractivity contribution >= 4 is 86.8 Å². The molecule has 0 N–H and O–H groups in total. The number of oxazole rings is 3. The normalized spacial score (nSPS) is 11.9. The zero-order valence-corrected chi connectivity index (χ0v) is 47.1. The fourth-order valence-corrected chi connectivity index (χ4v) is 10.5. The van der Waals surface area contributed by atoms with E-state index in [9.17, 15) is 0 Å². The molecule has 88 heavy (non-hydrogen) atoms. The number of hydrogen-bond donors (Lipinski definition) is 0. The first-order chi connectivity index (χ1) is 43.4. The second kappa shape index (κ2) is 23.5. The maximum absolute atomic E-state index is 5.85. The SMILES string of the molecule is C(=C\c1nc2ccccc2o1)/c1ccc(Cn2cc(-c3ccc(N(c4ccc(-c5cn(Cc6ccc(/C=C/c7nc8ccccc8o7)cc6)nn5)cc4)c4ccc(-c5cn(Cc6ccc(/C=C/c7nc8ccccc8o7)cc6)nn5)cc4)cc3)nn2)cc1. The summed E-state index contributed by atoms with van der Waals surface area (Å²) >= 11 is 0. The lowest BCUT2D eigenvalue weighted by Crippen LogP contribution is -2.09. The number of benzene rings is 9. The number of hydrogen-bond acceptors (Lipinski definition) is 13. The highest BCUT2D eigenvalue weighted by Crippen LogP contribution is 2.38. The first-order valence-corrected chi connectivity index (χ1v) is 28.7. The van der Waals surface area contributed by atoms with Crippen molar-refractivity contribution in [3.63, 3.8) is 0 Å². The molecule has 9 aromatic carbocycles. The fraction of sp³-hybridized carbons (Fsp3) is 0.0417. The largest absolute Gasteiger partial charge is 0.437 e. The van der Waals surface area contributed by atoms with Crippen molar-refractivity contribution in [1.82, 2.24) is 59.9 Å². The van der Waals surface area contributed by atoms with Crippen LogP contribution in [0.5, 0.6) is 0 Å². The molecule has 0 bridgehead atoms. The summed E-state index contributed by atoms with van der Waals surface area (Å²) in [6.07, 6.45) is 17.6. The smallest absolute Gasteiger partial charge is 0.220 e. The summed E-state index contributed by atoms with van der Waals surface area (Å²) in [5, 5.41) is 27.3. The Morgan fingerprint density at radius 2 is 0.591 bits per heavy atom. The zero-order valence-electron chi connectivity index (χ0n) is 47.1. The Labute approximate surface area is 504 Å². The summed E-state index contributed by atoms with van der Waals surface area (Å²) in [5.74, 6) is 1.71. The van der Waals surface area contributed by atoms with Gasteiger partial charge in [0.25, 0.3) is 0 Å². The Morgan fingerprint density at radius 3 is 0.875 bits per heavy atom. The molecule has 0 aliphatic rings. The molecule has 16 nitrogen and oxygen atoms in total. The second-order valence-corrected chi connectivity index (χ2v) is 21.2. The van der Waals surface area contributed by atoms with Crippen molar-refractivity contribution < 1.29 is 13.3 Å². The minimum atomic E-state index is 0.569. The molecule has 0 saturated heterocycles. The average molecular weight is 1150 g/mol. The van der Waals surface area contributed by atoms with E-state index in [1.54, 1.807) is 0 Å². The third-order valence-corrected chi connectivity index (χ3v) is 15.0. The minimum Gasteiger partial charge on any atom is -0.437 e. The summed E-state index contributed by atoms with van der Waals surface area (Å²) in [5.41, 5.74) is 19.3. The molecule has 0 aliphatic heterocycles. The molecule has 0 saturated carbocycles. The summed E-state index contributed by atoms with van der Waals surface area (Å²) in [4.78, 5) is 15.9. The highest BCUT2D eigenvalue weighted by atomic mass is 16.4. The van der Waals surface area contributed by atoms with Crippen LogP contribution in [0.2, 0.25) is 0 Å². The van der Waals surface area contributed by atoms with Crippen molar-refractivity contribution in [1.29, 1.82) is 0 Å². The standard InChI is InChI=1S/C72H51N13O3/c1-4-10-67-61(7-1)73-70(86-67)40-25-49-13-19-52(20-14-49)43-82-46-64(76-79-82)55-28-34-58(35-29-55)85(59-36-30-56(31-37-59)65-47-83(80-77-65)44-53-21-15-50(16-22-53)26-41-71-74-62-8-2-5-11-68(62)87-71)60-38-32-57(33-39-60)66-48-84(81-78-66)45-54-23-17-51(18-24-54)27-42-72-75-63-9-3-6-12-69(63)88-72/h1-42,46-48H,43-45H2/b40-25+,41-26+,42-27+. The summed E-state index contributed by atoms with van der Waals surface area (Å²) in [7, 11) is 0. The van der Waals surface area contributed by atoms with Crippen LogP contribution in [0.3, 0.4) is 0 Å². The molecule has 16 heteroatoms. The molecule has 0 atom stereocenters. The highest BCUT2D eigenvalue weighted by Gasteiger charge is 2.17. The van der Waals surface area contributed by atoms with Crippen molar-refractivity contribution in [3.05, 3.63) is 288 Å². The predicted molar refractivity (Wildman–Crippen MR) is 344 cm³/mol. The lowest BCUT2D eigenvalue weighted by molar-refractivity contribution is 0.589. The molecule has 0 radical (unpaired) electrons. The monoisotopic (exact) mass is 1150 g/mol. The van der Waals surface area contributed by atoms with Crippen LogP contribution in [-0.4, -0.2) is 59.9 Å². The molecular formula is C72H51N13O3. The molecular weight excluding hydrogens is 1090 g/mol. The molecule has 422 valence electrons. The van der Waals surface area contributed by atoms with Crippen LogP contribution in [0, 0.1) is 0 Å². The Kier molecular flexibility index (Phi) is 14.0. The molecule has 0 unspecified atom stereocenters. The number of rotatable bonds is 18. The summed E-state index contributed by atoms with van der Waals surface area (Å²) in [6, 6.07) is 73.5. The average Bonchev–Trinajstić information content (AvgIpc) is 4.01. The van der Waals surface area contributed by atoms with Gasteiger partial charge in [0.15, 0.2) is 16.7 Å². The minimum absolute atomic E-state index is 0.569. The molecule has 0 spiro atoms. The fourth-order valence-electron chi connectivity index (χ4n) is 10.5. The van der Waals surface area contributed by atoms with E-state index in [1.807, 2.05) is 142 Å². The lowest BCUT2D eigenvalue weighted by Gasteiger charge is -2.26. The summed E-state index contributed by atoms with van der Waals surface area (Å²) in [6.45, 7) is 1.71. The van der Waals surface area contributed by atoms with Gasteiger partial charge in [-0.3, -0.25) is 0 Å². The van der Waals surface area contributed by atoms with Gasteiger partial charge in [0, 0.05) is 52.0 Å². The van der Waals surface area contributed by atoms with Crippen molar-refractivity contribution in [2.75, 3.05) is 4.90 Å². The topological polar surface area (TPSA) is 173 Å². The van der Waals surface area contributed by atoms with Gasteiger partial charge >= 0.3 is 0 Å². The van der Waals surface area contributed by atoms with Crippen LogP contribution in [0.4, 0.5) is 17.1 Å². The van der Waals surface area contributed by atoms with Gasteiger partial charge in [0.05, 0.1) is 38.2 Å². The Morgan fingerprint density at radius 1 is 0.307 bits per heavy atom. The molecule has 6 aromatic heterocycles. The van der Waals surface area contributed by atoms with E-state index in [2.05, 4.69) is 196 Å². The number of fused-ring (bicyclic) bond motifs is 3. The Bertz CT molecular complexity index is 4390. The first kappa shape index (κ1) is 52.6. The lowest BCUT2D eigenvalue weighted by atomic mass is 10.1. The Balaban J connectivity index is 0.637. The Hall–Kier alpha value is -12.2. The molecule has 15 aromatic rings. The van der Waals surface area contributed by atoms with E-state index >= 15 is 0 Å². The zero-order chi connectivity index (χ0) is 58.6. The molecule has 15 rings (SSSR count). The van der Waals surface area contributed by atoms with E-state index in [4.69, 9.17) is 13.3 Å². The van der Waals surface area contributed by atoms with Gasteiger partial charge in [-0.05, 0) is 124 Å². The van der Waals surface area contributed by atoms with Crippen LogP contribution >= 0.6 is 0 Å². The molecule has 0 aliphatic carbocycles. The van der Waals surface area contributed by atoms with Crippen molar-refractivity contribution in [2.45, 2.75) is 19.6 Å². The van der Waals surface area contributed by atoms with Gasteiger partial charge in [-0.25, -0.2) is 29.0 Å². The third kappa shape index (κ3) is 11.7. The highest BCUT2D eigenvalue weighted by molar-refractivity contribution is 5.82. The second-order valence-electron chi connectivity index (χ2n) is 21.2. The van der Waals surface area contributed by atoms with Gasteiger partial charge in [-0.2, -0.15) is 0 Å². The van der Waals surface area contributed by atoms with Crippen LogP contribution < -0.4 is 4.90 Å². The number of nitrogens with zero attached hydrogens (tertiary/aromatic N) is 13. The maximum atomic E-state index is 5.85. The summed E-state index contributed by atoms with van der Waals surface area (Å²) < 4.78 is 23.1.